The third-order valence-electron chi connectivity index (χ3n) is 3.07. The number of H-pyrrole nitrogens is 1. The summed E-state index contributed by atoms with van der Waals surface area (Å²) in [5.74, 6) is -1.88. The van der Waals surface area contributed by atoms with Gasteiger partial charge in [0.15, 0.2) is 12.4 Å². The summed E-state index contributed by atoms with van der Waals surface area (Å²) in [7, 11) is 0. The number of nitrogens with two attached hydrogens (primary N) is 1. The molecule has 6 N–H and O–H groups in total. The number of nitrogens with zero attached hydrogens (tertiary/aromatic N) is 1. The van der Waals surface area contributed by atoms with Crippen molar-refractivity contribution in [2.45, 2.75) is 0 Å². The summed E-state index contributed by atoms with van der Waals surface area (Å²) in [4.78, 5) is 29.5. The second-order valence-corrected chi connectivity index (χ2v) is 4.86. The van der Waals surface area contributed by atoms with Crippen LogP contribution in [0.15, 0.2) is 73.3 Å². The Morgan fingerprint density at radius 2 is 1.54 bits per heavy atom. The van der Waals surface area contributed by atoms with Crippen LogP contribution >= 0.6 is 0 Å². The molecule has 0 saturated heterocycles. The van der Waals surface area contributed by atoms with Crippen molar-refractivity contribution in [2.24, 2.45) is 0 Å². The number of hydrogen-bond donors (Lipinski definition) is 2. The minimum atomic E-state index is -1.38. The van der Waals surface area contributed by atoms with Crippen LogP contribution < -0.4 is 21.1 Å². The number of hydrogen-bond acceptors (Lipinski definition) is 5. The molecule has 134 valence electrons. The Labute approximate surface area is 149 Å². The number of benzene rings is 1. The van der Waals surface area contributed by atoms with Gasteiger partial charge in [-0.3, -0.25) is 9.78 Å². The van der Waals surface area contributed by atoms with E-state index in [2.05, 4.69) is 15.3 Å². The number of pyridine rings is 2. The van der Waals surface area contributed by atoms with Gasteiger partial charge in [0.1, 0.15) is 0 Å². The number of carbonyl (C=O) groups is 2. The lowest BCUT2D eigenvalue weighted by Crippen LogP contribution is -2.26. The number of aromatic nitrogens is 2. The summed E-state index contributed by atoms with van der Waals surface area (Å²) in [6.45, 7) is 0. The van der Waals surface area contributed by atoms with Crippen molar-refractivity contribution in [2.75, 3.05) is 11.1 Å². The predicted molar refractivity (Wildman–Crippen MR) is 94.0 cm³/mol. The Morgan fingerprint density at radius 1 is 0.962 bits per heavy atom. The molecule has 0 unspecified atom stereocenters. The predicted octanol–water partition coefficient (Wildman–Crippen LogP) is -0.0444. The van der Waals surface area contributed by atoms with Gasteiger partial charge >= 0.3 is 0 Å². The Bertz CT molecular complexity index is 842. The molecule has 0 aliphatic rings. The van der Waals surface area contributed by atoms with Crippen LogP contribution in [0.5, 0.6) is 0 Å². The number of anilines is 2. The van der Waals surface area contributed by atoms with E-state index in [4.69, 9.17) is 5.73 Å². The number of carboxylic acid groups (broad SMARTS) is 1. The van der Waals surface area contributed by atoms with Crippen LogP contribution in [-0.4, -0.2) is 22.3 Å². The van der Waals surface area contributed by atoms with Gasteiger partial charge in [0.05, 0.1) is 5.97 Å². The molecular weight excluding hydrogens is 336 g/mol. The summed E-state index contributed by atoms with van der Waals surface area (Å²) >= 11 is 0. The Balaban J connectivity index is 0.000000357. The molecule has 3 rings (SSSR count). The largest absolute Gasteiger partial charge is 0.545 e. The van der Waals surface area contributed by atoms with Crippen LogP contribution in [0.2, 0.25) is 0 Å². The average Bonchev–Trinajstić information content (AvgIpc) is 2.63. The second-order valence-electron chi connectivity index (χ2n) is 4.86. The van der Waals surface area contributed by atoms with E-state index in [1.165, 1.54) is 30.6 Å². The molecule has 0 fully saturated rings. The van der Waals surface area contributed by atoms with E-state index in [1.54, 1.807) is 42.7 Å². The van der Waals surface area contributed by atoms with Crippen molar-refractivity contribution in [1.29, 1.82) is 0 Å². The van der Waals surface area contributed by atoms with Gasteiger partial charge in [0.2, 0.25) is 0 Å². The molecule has 26 heavy (non-hydrogen) atoms. The third kappa shape index (κ3) is 6.02. The Kier molecular flexibility index (Phi) is 7.92. The van der Waals surface area contributed by atoms with Crippen LogP contribution in [-0.2, 0) is 0 Å². The standard InChI is InChI=1S/C13H10N2O3.C5H6N2.H2O/c16-12(15-9-5-7-14-8-6-9)10-3-1-2-4-11(10)13(17)18;6-5-1-3-7-4-2-5;/h1-8H,(H,17,18)(H,14,15,16);1-4H,(H2,6,7);1H2. The highest BCUT2D eigenvalue weighted by molar-refractivity contribution is 6.10. The van der Waals surface area contributed by atoms with E-state index < -0.39 is 11.9 Å². The first-order chi connectivity index (χ1) is 12.1. The molecule has 0 bridgehead atoms. The van der Waals surface area contributed by atoms with Crippen LogP contribution in [0.4, 0.5) is 11.4 Å². The molecule has 0 saturated carbocycles. The number of nitrogens with one attached hydrogen (secondary N) is 2. The number of carboxylic acids is 1. The highest BCUT2D eigenvalue weighted by Crippen LogP contribution is 2.11. The first-order valence-corrected chi connectivity index (χ1v) is 7.31. The van der Waals surface area contributed by atoms with Crippen molar-refractivity contribution in [3.63, 3.8) is 0 Å². The molecule has 0 spiro atoms. The fourth-order valence-corrected chi connectivity index (χ4v) is 1.89. The number of nitrogen functional groups attached to an aromatic ring is 1. The van der Waals surface area contributed by atoms with Gasteiger partial charge in [0.25, 0.3) is 5.91 Å². The van der Waals surface area contributed by atoms with Crippen LogP contribution in [0.25, 0.3) is 0 Å². The molecule has 2 heterocycles. The van der Waals surface area contributed by atoms with Gasteiger partial charge in [-0.15, -0.1) is 0 Å². The molecule has 0 aliphatic heterocycles. The van der Waals surface area contributed by atoms with Crippen molar-refractivity contribution >= 4 is 23.3 Å². The van der Waals surface area contributed by atoms with Crippen LogP contribution in [0.1, 0.15) is 20.7 Å². The Morgan fingerprint density at radius 3 is 2.04 bits per heavy atom. The van der Waals surface area contributed by atoms with Crippen LogP contribution in [0, 0.1) is 0 Å². The topological polar surface area (TPSA) is 154 Å². The minimum absolute atomic E-state index is 0. The molecule has 1 amide bonds. The van der Waals surface area contributed by atoms with Crippen LogP contribution in [0.3, 0.4) is 0 Å². The zero-order valence-corrected chi connectivity index (χ0v) is 13.7. The van der Waals surface area contributed by atoms with E-state index in [9.17, 15) is 14.7 Å². The quantitative estimate of drug-likeness (QED) is 0.675. The van der Waals surface area contributed by atoms with Gasteiger partial charge in [-0.25, -0.2) is 4.98 Å². The summed E-state index contributed by atoms with van der Waals surface area (Å²) in [6, 6.07) is 12.7. The number of rotatable bonds is 3. The molecule has 0 radical (unpaired) electrons. The summed E-state index contributed by atoms with van der Waals surface area (Å²) in [6.07, 6.45) is 6.63. The molecule has 3 aromatic rings. The molecule has 8 heteroatoms. The van der Waals surface area contributed by atoms with E-state index in [0.29, 0.717) is 5.69 Å². The van der Waals surface area contributed by atoms with Gasteiger partial charge in [-0.2, -0.15) is 0 Å². The summed E-state index contributed by atoms with van der Waals surface area (Å²) in [5.41, 5.74) is 6.60. The highest BCUT2D eigenvalue weighted by atomic mass is 16.4. The molecule has 0 aliphatic carbocycles. The minimum Gasteiger partial charge on any atom is -0.545 e. The summed E-state index contributed by atoms with van der Waals surface area (Å²) < 4.78 is 0. The number of aromatic amines is 1. The van der Waals surface area contributed by atoms with Gasteiger partial charge in [-0.05, 0) is 18.2 Å². The Hall–Kier alpha value is -3.78. The monoisotopic (exact) mass is 354 g/mol. The fraction of sp³-hybridized carbons (Fsp3) is 0. The van der Waals surface area contributed by atoms with Crippen molar-refractivity contribution < 1.29 is 25.2 Å². The maximum Gasteiger partial charge on any atom is 0.256 e. The van der Waals surface area contributed by atoms with E-state index in [1.807, 2.05) is 0 Å². The lowest BCUT2D eigenvalue weighted by atomic mass is 10.1. The van der Waals surface area contributed by atoms with Crippen molar-refractivity contribution in [3.05, 3.63) is 84.4 Å². The fourth-order valence-electron chi connectivity index (χ4n) is 1.89. The first-order valence-electron chi connectivity index (χ1n) is 7.31. The molecule has 2 aromatic heterocycles. The van der Waals surface area contributed by atoms with Gasteiger partial charge in [0, 0.05) is 47.0 Å². The number of amides is 1. The zero-order chi connectivity index (χ0) is 18.1. The number of carbonyl (C=O) groups excluding carboxylic acids is 2. The molecule has 8 nitrogen and oxygen atoms in total. The zero-order valence-electron chi connectivity index (χ0n) is 13.7. The lowest BCUT2D eigenvalue weighted by Gasteiger charge is -2.10. The SMILES string of the molecule is Nc1cc[nH+]cc1.O.O=C([O-])c1ccccc1C(=O)Nc1ccncc1. The molecule has 1 aromatic carbocycles. The number of aromatic carboxylic acids is 1. The highest BCUT2D eigenvalue weighted by Gasteiger charge is 2.11. The maximum atomic E-state index is 11.9. The molecular formula is C18H18N4O4. The average molecular weight is 354 g/mol. The summed E-state index contributed by atoms with van der Waals surface area (Å²) in [5, 5.41) is 13.5. The van der Waals surface area contributed by atoms with E-state index in [0.717, 1.165) is 5.69 Å². The van der Waals surface area contributed by atoms with E-state index in [-0.39, 0.29) is 16.6 Å². The first kappa shape index (κ1) is 20.3. The second kappa shape index (κ2) is 10.2. The normalized spacial score (nSPS) is 9.08. The lowest BCUT2D eigenvalue weighted by molar-refractivity contribution is -0.377. The van der Waals surface area contributed by atoms with Crippen molar-refractivity contribution in [3.8, 4) is 0 Å². The molecule has 0 atom stereocenters. The van der Waals surface area contributed by atoms with Gasteiger partial charge in [-0.1, -0.05) is 18.2 Å². The third-order valence-corrected chi connectivity index (χ3v) is 3.07. The maximum absolute atomic E-state index is 11.9. The van der Waals surface area contributed by atoms with Crippen molar-refractivity contribution in [1.82, 2.24) is 4.98 Å². The van der Waals surface area contributed by atoms with Gasteiger partial charge < -0.3 is 26.4 Å². The van der Waals surface area contributed by atoms with E-state index >= 15 is 0 Å². The smallest absolute Gasteiger partial charge is 0.256 e.